The highest BCUT2D eigenvalue weighted by atomic mass is 16.6. The van der Waals surface area contributed by atoms with Gasteiger partial charge < -0.3 is 48.9 Å². The number of nitriles is 1. The van der Waals surface area contributed by atoms with Crippen LogP contribution in [0.15, 0.2) is 47.6 Å². The first-order valence-corrected chi connectivity index (χ1v) is 26.5. The quantitative estimate of drug-likeness (QED) is 0.0848. The Morgan fingerprint density at radius 3 is 2.34 bits per heavy atom. The Labute approximate surface area is 433 Å². The summed E-state index contributed by atoms with van der Waals surface area (Å²) in [5, 5.41) is 35.0. The summed E-state index contributed by atoms with van der Waals surface area (Å²) in [6.07, 6.45) is 10.7. The predicted molar refractivity (Wildman–Crippen MR) is 272 cm³/mol. The van der Waals surface area contributed by atoms with Crippen LogP contribution in [-0.4, -0.2) is 139 Å². The van der Waals surface area contributed by atoms with Gasteiger partial charge in [0.1, 0.15) is 36.2 Å². The molecule has 2 saturated heterocycles. The summed E-state index contributed by atoms with van der Waals surface area (Å²) in [6, 6.07) is 0.862. The van der Waals surface area contributed by atoms with E-state index >= 15 is 0 Å². The number of nitrogens with zero attached hydrogens (tertiary/aromatic N) is 2. The number of methoxy groups -OCH3 is 3. The average Bonchev–Trinajstić information content (AvgIpc) is 3.37. The molecule has 0 aromatic carbocycles. The number of aliphatic hydroxyl groups is 2. The Kier molecular flexibility index (Phi) is 24.6. The number of ketones is 3. The van der Waals surface area contributed by atoms with Crippen LogP contribution in [0.3, 0.4) is 0 Å². The first kappa shape index (κ1) is 61.0. The van der Waals surface area contributed by atoms with Gasteiger partial charge in [0.05, 0.1) is 24.4 Å². The van der Waals surface area contributed by atoms with E-state index in [-0.39, 0.29) is 42.8 Å². The Bertz CT molecular complexity index is 2050. The molecule has 3 N–H and O–H groups in total. The van der Waals surface area contributed by atoms with Crippen molar-refractivity contribution in [2.75, 3.05) is 34.4 Å². The lowest BCUT2D eigenvalue weighted by molar-refractivity contribution is -0.265. The van der Waals surface area contributed by atoms with Crippen molar-refractivity contribution in [3.63, 3.8) is 0 Å². The van der Waals surface area contributed by atoms with Crippen LogP contribution in [0.2, 0.25) is 0 Å². The van der Waals surface area contributed by atoms with E-state index < -0.39 is 102 Å². The van der Waals surface area contributed by atoms with Crippen molar-refractivity contribution in [2.24, 2.45) is 35.5 Å². The molecule has 73 heavy (non-hydrogen) atoms. The first-order chi connectivity index (χ1) is 34.7. The van der Waals surface area contributed by atoms with Gasteiger partial charge in [-0.2, -0.15) is 5.26 Å². The topological polar surface area (TPSA) is 237 Å². The van der Waals surface area contributed by atoms with Gasteiger partial charge in [0, 0.05) is 71.4 Å². The van der Waals surface area contributed by atoms with Crippen molar-refractivity contribution in [2.45, 2.75) is 193 Å². The van der Waals surface area contributed by atoms with E-state index in [2.05, 4.69) is 5.32 Å². The second kappa shape index (κ2) is 29.5. The highest BCUT2D eigenvalue weighted by Gasteiger charge is 2.53. The number of esters is 1. The van der Waals surface area contributed by atoms with Crippen molar-refractivity contribution in [3.05, 3.63) is 47.6 Å². The van der Waals surface area contributed by atoms with Gasteiger partial charge in [0.25, 0.3) is 11.7 Å². The number of piperidine rings is 1. The number of cyclic esters (lactones) is 1. The van der Waals surface area contributed by atoms with Crippen molar-refractivity contribution in [1.29, 1.82) is 5.26 Å². The maximum Gasteiger partial charge on any atom is 0.407 e. The number of rotatable bonds is 10. The third kappa shape index (κ3) is 17.2. The fourth-order valence-electron chi connectivity index (χ4n) is 10.8. The molecule has 3 fully saturated rings. The molecule has 0 spiro atoms. The van der Waals surface area contributed by atoms with Crippen LogP contribution >= 0.6 is 0 Å². The Balaban J connectivity index is 1.67. The summed E-state index contributed by atoms with van der Waals surface area (Å²) in [5.74, 6) is -8.40. The molecule has 3 aliphatic heterocycles. The number of hydrogen-bond donors (Lipinski definition) is 3. The molecule has 0 radical (unpaired) electrons. The highest BCUT2D eigenvalue weighted by molar-refractivity contribution is 6.39. The maximum atomic E-state index is 14.5. The number of Topliss-reactive ketones (excluding diaryl/α,β-unsaturated/α-hetero) is 3. The van der Waals surface area contributed by atoms with Crippen LogP contribution in [0.1, 0.15) is 138 Å². The Morgan fingerprint density at radius 1 is 0.918 bits per heavy atom. The van der Waals surface area contributed by atoms with Crippen LogP contribution < -0.4 is 5.32 Å². The van der Waals surface area contributed by atoms with Gasteiger partial charge in [-0.25, -0.2) is 9.59 Å². The largest absolute Gasteiger partial charge is 0.460 e. The lowest BCUT2D eigenvalue weighted by Gasteiger charge is -2.42. The zero-order chi connectivity index (χ0) is 54.0. The van der Waals surface area contributed by atoms with Crippen molar-refractivity contribution >= 4 is 35.3 Å². The van der Waals surface area contributed by atoms with Crippen molar-refractivity contribution < 1.29 is 67.4 Å². The number of alkyl carbamates (subject to hydrolysis) is 1. The molecule has 0 aromatic heterocycles. The normalized spacial score (nSPS) is 37.0. The molecule has 17 heteroatoms. The van der Waals surface area contributed by atoms with E-state index in [4.69, 9.17) is 33.7 Å². The maximum absolute atomic E-state index is 14.5. The zero-order valence-electron chi connectivity index (χ0n) is 45.0. The van der Waals surface area contributed by atoms with Gasteiger partial charge in [-0.1, -0.05) is 71.1 Å². The van der Waals surface area contributed by atoms with Crippen molar-refractivity contribution in [3.8, 4) is 6.07 Å². The third-order valence-electron chi connectivity index (χ3n) is 15.4. The molecule has 0 aromatic rings. The molecular weight excluding hydrogens is 939 g/mol. The summed E-state index contributed by atoms with van der Waals surface area (Å²) in [7, 11) is 4.49. The minimum atomic E-state index is -2.46. The number of nitrogens with one attached hydrogen (secondary N) is 1. The molecule has 408 valence electrons. The Hall–Kier alpha value is -4.57. The smallest absolute Gasteiger partial charge is 0.407 e. The molecule has 9 unspecified atom stereocenters. The predicted octanol–water partition coefficient (Wildman–Crippen LogP) is 7.22. The second-order valence-corrected chi connectivity index (χ2v) is 21.2. The van der Waals surface area contributed by atoms with Crippen LogP contribution in [0, 0.1) is 46.8 Å². The molecule has 2 amide bonds. The molecule has 4 rings (SSSR count). The summed E-state index contributed by atoms with van der Waals surface area (Å²) in [5.41, 5.74) is 1.23. The van der Waals surface area contributed by atoms with Crippen molar-refractivity contribution in [1.82, 2.24) is 10.2 Å². The molecule has 2 bridgehead atoms. The second-order valence-electron chi connectivity index (χ2n) is 21.2. The molecule has 3 heterocycles. The number of carbonyl (C=O) groups is 6. The van der Waals surface area contributed by atoms with Gasteiger partial charge in [-0.3, -0.25) is 19.2 Å². The molecule has 1 aliphatic carbocycles. The number of amides is 2. The number of ether oxygens (including phenoxy) is 6. The average molecular weight is 1020 g/mol. The van der Waals surface area contributed by atoms with Crippen LogP contribution in [-0.2, 0) is 52.4 Å². The van der Waals surface area contributed by atoms with E-state index in [1.165, 1.54) is 12.0 Å². The lowest BCUT2D eigenvalue weighted by Crippen LogP contribution is -2.61. The van der Waals surface area contributed by atoms with Crippen LogP contribution in [0.5, 0.6) is 0 Å². The summed E-state index contributed by atoms with van der Waals surface area (Å²) in [6.45, 7) is 12.9. The van der Waals surface area contributed by atoms with Gasteiger partial charge in [0.2, 0.25) is 5.79 Å². The molecule has 1 saturated carbocycles. The molecule has 15 atom stereocenters. The van der Waals surface area contributed by atoms with E-state index in [0.717, 1.165) is 5.57 Å². The molecular formula is C56H85N3O14. The van der Waals surface area contributed by atoms with Gasteiger partial charge in [-0.15, -0.1) is 0 Å². The van der Waals surface area contributed by atoms with Crippen LogP contribution in [0.25, 0.3) is 0 Å². The third-order valence-corrected chi connectivity index (χ3v) is 15.4. The van der Waals surface area contributed by atoms with Gasteiger partial charge in [-0.05, 0) is 113 Å². The molecule has 17 nitrogen and oxygen atoms in total. The number of hydrogen-bond acceptors (Lipinski definition) is 15. The number of unbranched alkanes of at least 4 members (excludes halogenated alkanes) is 1. The number of fused-ring (bicyclic) bond motifs is 3. The van der Waals surface area contributed by atoms with Gasteiger partial charge in [0.15, 0.2) is 5.78 Å². The fourth-order valence-corrected chi connectivity index (χ4v) is 10.8. The van der Waals surface area contributed by atoms with Gasteiger partial charge >= 0.3 is 12.1 Å². The fraction of sp³-hybridized carbons (Fsp3) is 0.732. The molecule has 4 aliphatic rings. The van der Waals surface area contributed by atoms with Crippen LogP contribution in [0.4, 0.5) is 4.79 Å². The Morgan fingerprint density at radius 2 is 1.66 bits per heavy atom. The summed E-state index contributed by atoms with van der Waals surface area (Å²) < 4.78 is 35.4. The van der Waals surface area contributed by atoms with E-state index in [9.17, 15) is 39.0 Å². The van der Waals surface area contributed by atoms with E-state index in [1.54, 1.807) is 48.0 Å². The summed E-state index contributed by atoms with van der Waals surface area (Å²) in [4.78, 5) is 85.0. The number of allylic oxidation sites excluding steroid dienone is 6. The number of aliphatic hydroxyl groups excluding tert-OH is 1. The lowest BCUT2D eigenvalue weighted by atomic mass is 9.78. The van der Waals surface area contributed by atoms with E-state index in [0.29, 0.717) is 89.2 Å². The monoisotopic (exact) mass is 1020 g/mol. The minimum absolute atomic E-state index is 0.000189. The van der Waals surface area contributed by atoms with E-state index in [1.807, 2.05) is 57.2 Å². The summed E-state index contributed by atoms with van der Waals surface area (Å²) >= 11 is 0. The minimum Gasteiger partial charge on any atom is -0.460 e. The zero-order valence-corrected chi connectivity index (χ0v) is 45.0. The SMILES string of the molecule is COC1CC2CC[C@@H](C)[C@@](O)(O2)C(=O)C(=O)N2CCCC[C@H]2C(=O)OC(C(C)CC2CC[C@@H](OC(=O)NCCCC#N)C(OC)C2)CC(=O)C(C)/C=C(\C)[C@@H](O)C(OC)C(=O)[C@H](C)CC(C)/C=C/C=C/C=C/1C. The highest BCUT2D eigenvalue weighted by Crippen LogP contribution is 2.38. The first-order valence-electron chi connectivity index (χ1n) is 26.5. The standard InChI is InChI=1S/C56H85N3O14/c1-34-18-12-11-13-19-35(2)46(68-8)32-42-23-21-40(7)56(67,73-42)52(63)53(64)59-27-17-14-20-43(59)54(65)71-47(33-44(60)36(3)29-39(6)50(62)51(70-10)49(61)38(5)28-34)37(4)30-41-22-24-45(48(31-41)69-9)72-55(66)58-26-16-15-25-57/h11-13,18-19,29,34,36-38,40-43,45-48,50-51,62,67H,14-17,20-24,26-28,30-33H2,1-10H3,(H,58,66)/b13-11+,18-12+,35-19+,39-29+/t34?,36?,37?,38-,40-,41?,42?,43+,45-,46?,47?,48?,50-,51?,56-/m1/s1. The number of carbonyl (C=O) groups excluding carboxylic acids is 6.